The molecule has 1 aliphatic carbocycles. The van der Waals surface area contributed by atoms with Crippen LogP contribution in [0.15, 0.2) is 55.0 Å². The van der Waals surface area contributed by atoms with Crippen LogP contribution in [0.4, 0.5) is 5.82 Å². The van der Waals surface area contributed by atoms with Gasteiger partial charge >= 0.3 is 5.97 Å². The van der Waals surface area contributed by atoms with E-state index in [0.717, 1.165) is 48.3 Å². The van der Waals surface area contributed by atoms with Crippen LogP contribution in [0, 0.1) is 17.8 Å². The first-order chi connectivity index (χ1) is 18.4. The summed E-state index contributed by atoms with van der Waals surface area (Å²) in [4.78, 5) is 32.8. The maximum Gasteiger partial charge on any atom is 0.345 e. The first-order valence-electron chi connectivity index (χ1n) is 13.4. The topological polar surface area (TPSA) is 94.6 Å². The molecule has 6 rings (SSSR count). The Kier molecular flexibility index (Phi) is 6.21. The van der Waals surface area contributed by atoms with Crippen LogP contribution in [0.2, 0.25) is 0 Å². The van der Waals surface area contributed by atoms with Crippen molar-refractivity contribution in [2.24, 2.45) is 17.8 Å². The van der Waals surface area contributed by atoms with E-state index in [1.165, 1.54) is 0 Å². The van der Waals surface area contributed by atoms with Gasteiger partial charge in [0.05, 0.1) is 11.4 Å². The van der Waals surface area contributed by atoms with Gasteiger partial charge in [0.1, 0.15) is 5.56 Å². The third-order valence-corrected chi connectivity index (χ3v) is 7.61. The predicted molar refractivity (Wildman–Crippen MR) is 143 cm³/mol. The highest BCUT2D eigenvalue weighted by atomic mass is 16.6. The fraction of sp³-hybridized carbons (Fsp3) is 0.414. The zero-order chi connectivity index (χ0) is 26.4. The molecule has 3 aromatic heterocycles. The van der Waals surface area contributed by atoms with Gasteiger partial charge in [0.25, 0.3) is 0 Å². The molecule has 9 heteroatoms. The molecule has 196 valence electrons. The second-order valence-corrected chi connectivity index (χ2v) is 11.0. The van der Waals surface area contributed by atoms with Gasteiger partial charge in [0.15, 0.2) is 17.7 Å². The van der Waals surface area contributed by atoms with Crippen molar-refractivity contribution in [1.82, 2.24) is 24.4 Å². The van der Waals surface area contributed by atoms with Crippen LogP contribution in [0.1, 0.15) is 63.2 Å². The number of fused-ring (bicyclic) bond motifs is 2. The van der Waals surface area contributed by atoms with Crippen molar-refractivity contribution in [1.29, 1.82) is 0 Å². The minimum atomic E-state index is -0.642. The molecular weight excluding hydrogens is 480 g/mol. The first-order valence-corrected chi connectivity index (χ1v) is 13.4. The molecule has 0 spiro atoms. The highest BCUT2D eigenvalue weighted by Gasteiger charge is 2.42. The van der Waals surface area contributed by atoms with Gasteiger partial charge in [-0.1, -0.05) is 32.9 Å². The Morgan fingerprint density at radius 2 is 1.87 bits per heavy atom. The van der Waals surface area contributed by atoms with Gasteiger partial charge in [-0.3, -0.25) is 9.69 Å². The number of benzene rings is 1. The number of esters is 1. The Labute approximate surface area is 221 Å². The summed E-state index contributed by atoms with van der Waals surface area (Å²) in [6.45, 7) is 6.36. The number of hydrogen-bond donors (Lipinski definition) is 0. The molecule has 1 aliphatic heterocycles. The van der Waals surface area contributed by atoms with Crippen molar-refractivity contribution in [3.8, 4) is 16.9 Å². The normalized spacial score (nSPS) is 21.5. The van der Waals surface area contributed by atoms with Gasteiger partial charge in [-0.25, -0.2) is 19.0 Å². The van der Waals surface area contributed by atoms with Gasteiger partial charge in [-0.2, -0.15) is 5.10 Å². The number of anilines is 1. The monoisotopic (exact) mass is 512 g/mol. The van der Waals surface area contributed by atoms with Crippen molar-refractivity contribution in [2.75, 3.05) is 4.90 Å². The third kappa shape index (κ3) is 4.46. The molecule has 0 bridgehead atoms. The standard InChI is InChI=1S/C29H32N6O3/c1-18(2)15-26-35(28(36)21-7-5-19(3)6-8-21)27-23(29(37)38-26)17-34(32-27)22-11-9-20(10-12-22)24-16-25-30-13-4-14-33(25)31-24/h4,9-14,16-19,21,26H,5-8,15H2,1-3H3/t19-,21-,26?. The van der Waals surface area contributed by atoms with Crippen LogP contribution in [0.25, 0.3) is 22.6 Å². The zero-order valence-corrected chi connectivity index (χ0v) is 21.9. The van der Waals surface area contributed by atoms with Crippen LogP contribution in [0.5, 0.6) is 0 Å². The number of cyclic esters (lactones) is 1. The van der Waals surface area contributed by atoms with Crippen LogP contribution in [-0.2, 0) is 9.53 Å². The molecule has 4 heterocycles. The Bertz CT molecular complexity index is 1450. The SMILES string of the molecule is CC(C)CC1OC(=O)c2cn(-c3ccc(-c4cc5ncccn5n4)cc3)nc2N1C(=O)[C@H]1CC[C@H](C)CC1. The number of carbonyl (C=O) groups is 2. The van der Waals surface area contributed by atoms with Crippen molar-refractivity contribution in [3.05, 3.63) is 60.6 Å². The molecule has 2 aliphatic rings. The molecule has 1 unspecified atom stereocenters. The number of carbonyl (C=O) groups excluding carboxylic acids is 2. The molecule has 1 fully saturated rings. The van der Waals surface area contributed by atoms with Gasteiger partial charge in [0, 0.05) is 42.6 Å². The number of nitrogens with zero attached hydrogens (tertiary/aromatic N) is 6. The van der Waals surface area contributed by atoms with Gasteiger partial charge in [-0.15, -0.1) is 5.10 Å². The average molecular weight is 513 g/mol. The van der Waals surface area contributed by atoms with Crippen molar-refractivity contribution in [2.45, 2.75) is 59.1 Å². The van der Waals surface area contributed by atoms with Gasteiger partial charge in [0.2, 0.25) is 5.91 Å². The molecule has 1 aromatic carbocycles. The van der Waals surface area contributed by atoms with E-state index in [9.17, 15) is 9.59 Å². The Morgan fingerprint density at radius 3 is 2.58 bits per heavy atom. The summed E-state index contributed by atoms with van der Waals surface area (Å²) in [6.07, 6.45) is 8.97. The molecule has 0 N–H and O–H groups in total. The summed E-state index contributed by atoms with van der Waals surface area (Å²) in [6, 6.07) is 11.6. The molecule has 4 aromatic rings. The quantitative estimate of drug-likeness (QED) is 0.338. The lowest BCUT2D eigenvalue weighted by Gasteiger charge is -2.37. The molecule has 9 nitrogen and oxygen atoms in total. The summed E-state index contributed by atoms with van der Waals surface area (Å²) >= 11 is 0. The summed E-state index contributed by atoms with van der Waals surface area (Å²) in [5, 5.41) is 9.35. The van der Waals surface area contributed by atoms with E-state index in [-0.39, 0.29) is 17.7 Å². The fourth-order valence-corrected chi connectivity index (χ4v) is 5.46. The Hall–Kier alpha value is -4.01. The third-order valence-electron chi connectivity index (χ3n) is 7.61. The minimum Gasteiger partial charge on any atom is -0.437 e. The fourth-order valence-electron chi connectivity index (χ4n) is 5.46. The Balaban J connectivity index is 1.32. The second-order valence-electron chi connectivity index (χ2n) is 11.0. The summed E-state index contributed by atoms with van der Waals surface area (Å²) in [5.74, 6) is 0.782. The molecule has 1 saturated carbocycles. The number of rotatable bonds is 5. The van der Waals surface area contributed by atoms with E-state index in [2.05, 4.69) is 30.9 Å². The summed E-state index contributed by atoms with van der Waals surface area (Å²) < 4.78 is 9.21. The lowest BCUT2D eigenvalue weighted by Crippen LogP contribution is -2.50. The van der Waals surface area contributed by atoms with Crippen LogP contribution < -0.4 is 4.90 Å². The van der Waals surface area contributed by atoms with Crippen molar-refractivity contribution in [3.63, 3.8) is 0 Å². The van der Waals surface area contributed by atoms with Crippen LogP contribution >= 0.6 is 0 Å². The Morgan fingerprint density at radius 1 is 1.11 bits per heavy atom. The lowest BCUT2D eigenvalue weighted by atomic mass is 9.82. The molecule has 1 atom stereocenters. The van der Waals surface area contributed by atoms with E-state index >= 15 is 0 Å². The van der Waals surface area contributed by atoms with E-state index in [1.807, 2.05) is 42.6 Å². The van der Waals surface area contributed by atoms with Crippen LogP contribution in [0.3, 0.4) is 0 Å². The van der Waals surface area contributed by atoms with E-state index in [4.69, 9.17) is 9.84 Å². The molecule has 38 heavy (non-hydrogen) atoms. The lowest BCUT2D eigenvalue weighted by molar-refractivity contribution is -0.126. The molecule has 0 saturated heterocycles. The average Bonchev–Trinajstić information content (AvgIpc) is 3.54. The van der Waals surface area contributed by atoms with Crippen LogP contribution in [-0.4, -0.2) is 42.5 Å². The number of hydrogen-bond acceptors (Lipinski definition) is 6. The highest BCUT2D eigenvalue weighted by molar-refractivity contribution is 6.04. The van der Waals surface area contributed by atoms with Gasteiger partial charge < -0.3 is 4.74 Å². The van der Waals surface area contributed by atoms with Crippen molar-refractivity contribution >= 4 is 23.3 Å². The maximum absolute atomic E-state index is 13.8. The molecular formula is C29H32N6O3. The number of amides is 1. The van der Waals surface area contributed by atoms with E-state index in [0.29, 0.717) is 23.7 Å². The summed E-state index contributed by atoms with van der Waals surface area (Å²) in [5.41, 5.74) is 3.62. The smallest absolute Gasteiger partial charge is 0.345 e. The number of aromatic nitrogens is 5. The highest BCUT2D eigenvalue weighted by Crippen LogP contribution is 2.36. The maximum atomic E-state index is 13.8. The van der Waals surface area contributed by atoms with E-state index in [1.54, 1.807) is 26.5 Å². The molecule has 1 amide bonds. The van der Waals surface area contributed by atoms with Gasteiger partial charge in [-0.05, 0) is 55.7 Å². The second kappa shape index (κ2) is 9.70. The molecule has 0 radical (unpaired) electrons. The largest absolute Gasteiger partial charge is 0.437 e. The summed E-state index contributed by atoms with van der Waals surface area (Å²) in [7, 11) is 0. The first kappa shape index (κ1) is 24.3. The zero-order valence-electron chi connectivity index (χ0n) is 21.9. The van der Waals surface area contributed by atoms with Crippen molar-refractivity contribution < 1.29 is 14.3 Å². The number of ether oxygens (including phenoxy) is 1. The van der Waals surface area contributed by atoms with E-state index < -0.39 is 12.2 Å². The minimum absolute atomic E-state index is 0.0114. The predicted octanol–water partition coefficient (Wildman–Crippen LogP) is 5.28.